The second-order valence-electron chi connectivity index (χ2n) is 5.33. The van der Waals surface area contributed by atoms with Crippen molar-refractivity contribution in [3.05, 3.63) is 23.3 Å². The van der Waals surface area contributed by atoms with Crippen LogP contribution in [-0.4, -0.2) is 39.6 Å². The summed E-state index contributed by atoms with van der Waals surface area (Å²) in [4.78, 5) is 2.52. The predicted octanol–water partition coefficient (Wildman–Crippen LogP) is 1.43. The van der Waals surface area contributed by atoms with Gasteiger partial charge in [-0.05, 0) is 63.0 Å². The van der Waals surface area contributed by atoms with Gasteiger partial charge in [0, 0.05) is 6.54 Å². The topological polar surface area (TPSA) is 72.6 Å². The predicted molar refractivity (Wildman–Crippen MR) is 78.5 cm³/mol. The third kappa shape index (κ3) is 3.71. The summed E-state index contributed by atoms with van der Waals surface area (Å²) in [5.74, 6) is 0.761. The Balaban J connectivity index is 2.04. The van der Waals surface area contributed by atoms with E-state index in [9.17, 15) is 8.42 Å². The van der Waals surface area contributed by atoms with Gasteiger partial charge in [-0.2, -0.15) is 0 Å². The van der Waals surface area contributed by atoms with Crippen molar-refractivity contribution in [2.24, 2.45) is 5.14 Å². The van der Waals surface area contributed by atoms with Crippen molar-refractivity contribution >= 4 is 10.0 Å². The van der Waals surface area contributed by atoms with Gasteiger partial charge < -0.3 is 4.74 Å². The smallest absolute Gasteiger partial charge is 0.238 e. The van der Waals surface area contributed by atoms with E-state index in [1.54, 1.807) is 12.1 Å². The second kappa shape index (κ2) is 6.11. The lowest BCUT2D eigenvalue weighted by atomic mass is 10.1. The third-order valence-corrected chi connectivity index (χ3v) is 4.51. The maximum Gasteiger partial charge on any atom is 0.238 e. The van der Waals surface area contributed by atoms with E-state index < -0.39 is 10.0 Å². The summed E-state index contributed by atoms with van der Waals surface area (Å²) >= 11 is 0. The van der Waals surface area contributed by atoms with Gasteiger partial charge in [-0.25, -0.2) is 13.6 Å². The summed E-state index contributed by atoms with van der Waals surface area (Å²) in [6.45, 7) is 7.50. The van der Waals surface area contributed by atoms with Crippen LogP contribution in [0.4, 0.5) is 0 Å². The Morgan fingerprint density at radius 3 is 2.25 bits per heavy atom. The van der Waals surface area contributed by atoms with Crippen molar-refractivity contribution in [3.63, 3.8) is 0 Å². The number of benzene rings is 1. The molecule has 1 saturated heterocycles. The molecular formula is C14H22N2O3S. The molecule has 2 rings (SSSR count). The lowest BCUT2D eigenvalue weighted by Crippen LogP contribution is -2.25. The van der Waals surface area contributed by atoms with Crippen molar-refractivity contribution in [2.75, 3.05) is 26.2 Å². The summed E-state index contributed by atoms with van der Waals surface area (Å²) < 4.78 is 28.6. The maximum atomic E-state index is 11.4. The minimum absolute atomic E-state index is 0.138. The van der Waals surface area contributed by atoms with Crippen molar-refractivity contribution < 1.29 is 13.2 Å². The number of ether oxygens (including phenoxy) is 1. The molecule has 112 valence electrons. The van der Waals surface area contributed by atoms with E-state index in [4.69, 9.17) is 9.88 Å². The average molecular weight is 298 g/mol. The number of likely N-dealkylation sites (tertiary alicyclic amines) is 1. The zero-order valence-electron chi connectivity index (χ0n) is 12.1. The van der Waals surface area contributed by atoms with Crippen LogP contribution >= 0.6 is 0 Å². The molecule has 0 spiro atoms. The van der Waals surface area contributed by atoms with E-state index >= 15 is 0 Å². The second-order valence-corrected chi connectivity index (χ2v) is 6.89. The number of rotatable bonds is 5. The van der Waals surface area contributed by atoms with Crippen LogP contribution in [0.2, 0.25) is 0 Å². The van der Waals surface area contributed by atoms with Gasteiger partial charge in [0.25, 0.3) is 0 Å². The van der Waals surface area contributed by atoms with Crippen LogP contribution in [0.15, 0.2) is 17.0 Å². The molecule has 0 bridgehead atoms. The SMILES string of the molecule is Cc1cc(S(N)(=O)=O)cc(C)c1OCCN1CCCC1. The van der Waals surface area contributed by atoms with E-state index in [1.165, 1.54) is 12.8 Å². The lowest BCUT2D eigenvalue weighted by Gasteiger charge is -2.17. The molecule has 0 atom stereocenters. The Hall–Kier alpha value is -1.11. The van der Waals surface area contributed by atoms with Gasteiger partial charge in [-0.1, -0.05) is 0 Å². The molecule has 1 aromatic carbocycles. The van der Waals surface area contributed by atoms with Crippen LogP contribution < -0.4 is 9.88 Å². The van der Waals surface area contributed by atoms with Gasteiger partial charge in [-0.3, -0.25) is 4.90 Å². The standard InChI is InChI=1S/C14H22N2O3S/c1-11-9-13(20(15,17)18)10-12(2)14(11)19-8-7-16-5-3-4-6-16/h9-10H,3-8H2,1-2H3,(H2,15,17,18). The summed E-state index contributed by atoms with van der Waals surface area (Å²) in [5, 5.41) is 5.15. The first kappa shape index (κ1) is 15.3. The fraction of sp³-hybridized carbons (Fsp3) is 0.571. The van der Waals surface area contributed by atoms with Gasteiger partial charge in [0.2, 0.25) is 10.0 Å². The van der Waals surface area contributed by atoms with E-state index in [1.807, 2.05) is 13.8 Å². The van der Waals surface area contributed by atoms with Crippen LogP contribution in [0.25, 0.3) is 0 Å². The summed E-state index contributed by atoms with van der Waals surface area (Å²) in [5.41, 5.74) is 1.60. The molecule has 1 fully saturated rings. The highest BCUT2D eigenvalue weighted by molar-refractivity contribution is 7.89. The molecule has 2 N–H and O–H groups in total. The van der Waals surface area contributed by atoms with Crippen molar-refractivity contribution in [1.29, 1.82) is 0 Å². The first-order valence-corrected chi connectivity index (χ1v) is 8.42. The number of nitrogens with two attached hydrogens (primary N) is 1. The number of primary sulfonamides is 1. The molecule has 0 radical (unpaired) electrons. The molecule has 1 aliphatic rings. The van der Waals surface area contributed by atoms with Crippen molar-refractivity contribution in [1.82, 2.24) is 4.90 Å². The Morgan fingerprint density at radius 2 is 1.75 bits per heavy atom. The van der Waals surface area contributed by atoms with Crippen molar-refractivity contribution in [2.45, 2.75) is 31.6 Å². The van der Waals surface area contributed by atoms with E-state index in [0.29, 0.717) is 6.61 Å². The first-order valence-electron chi connectivity index (χ1n) is 6.87. The van der Waals surface area contributed by atoms with E-state index in [0.717, 1.165) is 36.5 Å². The molecule has 0 saturated carbocycles. The van der Waals surface area contributed by atoms with Crippen LogP contribution in [0.1, 0.15) is 24.0 Å². The molecule has 20 heavy (non-hydrogen) atoms. The normalized spacial score (nSPS) is 16.6. The minimum Gasteiger partial charge on any atom is -0.492 e. The first-order chi connectivity index (χ1) is 9.38. The van der Waals surface area contributed by atoms with E-state index in [-0.39, 0.29) is 4.90 Å². The van der Waals surface area contributed by atoms with Crippen LogP contribution in [0.5, 0.6) is 5.75 Å². The maximum absolute atomic E-state index is 11.4. The van der Waals surface area contributed by atoms with Crippen molar-refractivity contribution in [3.8, 4) is 5.75 Å². The molecule has 1 aliphatic heterocycles. The summed E-state index contributed by atoms with van der Waals surface area (Å²) in [6.07, 6.45) is 2.53. The lowest BCUT2D eigenvalue weighted by molar-refractivity contribution is 0.236. The summed E-state index contributed by atoms with van der Waals surface area (Å²) in [6, 6.07) is 3.13. The number of hydrogen-bond acceptors (Lipinski definition) is 4. The highest BCUT2D eigenvalue weighted by Crippen LogP contribution is 2.26. The third-order valence-electron chi connectivity index (χ3n) is 3.61. The molecule has 5 nitrogen and oxygen atoms in total. The van der Waals surface area contributed by atoms with E-state index in [2.05, 4.69) is 4.90 Å². The Bertz CT molecular complexity index is 555. The molecular weight excluding hydrogens is 276 g/mol. The molecule has 0 aromatic heterocycles. The van der Waals surface area contributed by atoms with Crippen LogP contribution in [-0.2, 0) is 10.0 Å². The Morgan fingerprint density at radius 1 is 1.20 bits per heavy atom. The Labute approximate surface area is 120 Å². The van der Waals surface area contributed by atoms with Gasteiger partial charge in [-0.15, -0.1) is 0 Å². The zero-order valence-corrected chi connectivity index (χ0v) is 12.9. The number of aryl methyl sites for hydroxylation is 2. The van der Waals surface area contributed by atoms with Crippen LogP contribution in [0.3, 0.4) is 0 Å². The largest absolute Gasteiger partial charge is 0.492 e. The molecule has 0 unspecified atom stereocenters. The quantitative estimate of drug-likeness (QED) is 0.892. The Kier molecular flexibility index (Phi) is 4.67. The van der Waals surface area contributed by atoms with Crippen LogP contribution in [0, 0.1) is 13.8 Å². The summed E-state index contributed by atoms with van der Waals surface area (Å²) in [7, 11) is -3.66. The molecule has 1 aromatic rings. The molecule has 1 heterocycles. The zero-order chi connectivity index (χ0) is 14.8. The monoisotopic (exact) mass is 298 g/mol. The average Bonchev–Trinajstić information content (AvgIpc) is 2.84. The number of hydrogen-bond donors (Lipinski definition) is 1. The van der Waals surface area contributed by atoms with Gasteiger partial charge in [0.15, 0.2) is 0 Å². The molecule has 6 heteroatoms. The fourth-order valence-corrected chi connectivity index (χ4v) is 3.27. The van der Waals surface area contributed by atoms with Gasteiger partial charge in [0.1, 0.15) is 12.4 Å². The number of nitrogens with zero attached hydrogens (tertiary/aromatic N) is 1. The van der Waals surface area contributed by atoms with Gasteiger partial charge in [0.05, 0.1) is 4.90 Å². The molecule has 0 aliphatic carbocycles. The van der Waals surface area contributed by atoms with Gasteiger partial charge >= 0.3 is 0 Å². The molecule has 0 amide bonds. The number of sulfonamides is 1. The highest BCUT2D eigenvalue weighted by atomic mass is 32.2. The minimum atomic E-state index is -3.66. The highest BCUT2D eigenvalue weighted by Gasteiger charge is 2.15. The fourth-order valence-electron chi connectivity index (χ4n) is 2.59.